The predicted molar refractivity (Wildman–Crippen MR) is 69.9 cm³/mol. The van der Waals surface area contributed by atoms with E-state index in [0.29, 0.717) is 13.1 Å². The summed E-state index contributed by atoms with van der Waals surface area (Å²) in [6.45, 7) is 1.76. The van der Waals surface area contributed by atoms with Gasteiger partial charge in [0.05, 0.1) is 6.54 Å². The number of nitrogens with zero attached hydrogens (tertiary/aromatic N) is 3. The molecule has 3 heterocycles. The van der Waals surface area contributed by atoms with Crippen molar-refractivity contribution in [3.63, 3.8) is 0 Å². The fraction of sp³-hybridized carbons (Fsp3) is 0.286. The largest absolute Gasteiger partial charge is 0.465 e. The van der Waals surface area contributed by atoms with E-state index >= 15 is 0 Å². The first-order chi connectivity index (χ1) is 9.24. The maximum absolute atomic E-state index is 11.0. The van der Waals surface area contributed by atoms with Crippen molar-refractivity contribution in [2.45, 2.75) is 19.5 Å². The first-order valence-corrected chi connectivity index (χ1v) is 6.28. The molecule has 1 aliphatic heterocycles. The molecule has 0 fully saturated rings. The van der Waals surface area contributed by atoms with Gasteiger partial charge in [-0.15, -0.1) is 0 Å². The smallest absolute Gasteiger partial charge is 0.407 e. The van der Waals surface area contributed by atoms with Gasteiger partial charge in [-0.3, -0.25) is 4.98 Å². The van der Waals surface area contributed by atoms with E-state index in [1.165, 1.54) is 16.2 Å². The summed E-state index contributed by atoms with van der Waals surface area (Å²) >= 11 is 0. The fourth-order valence-corrected chi connectivity index (χ4v) is 2.50. The Labute approximate surface area is 111 Å². The summed E-state index contributed by atoms with van der Waals surface area (Å²) in [6, 6.07) is 8.12. The number of fused-ring (bicyclic) bond motifs is 1. The number of carbonyl (C=O) groups is 1. The summed E-state index contributed by atoms with van der Waals surface area (Å²) in [5, 5.41) is 9.02. The Hall–Kier alpha value is -2.30. The molecular formula is C14H15N3O2. The molecule has 0 spiro atoms. The average Bonchev–Trinajstić information content (AvgIpc) is 2.82. The van der Waals surface area contributed by atoms with Crippen LogP contribution in [0.3, 0.4) is 0 Å². The quantitative estimate of drug-likeness (QED) is 0.894. The van der Waals surface area contributed by atoms with E-state index in [-0.39, 0.29) is 0 Å². The van der Waals surface area contributed by atoms with E-state index < -0.39 is 6.09 Å². The van der Waals surface area contributed by atoms with Gasteiger partial charge in [-0.1, -0.05) is 0 Å². The minimum Gasteiger partial charge on any atom is -0.465 e. The minimum absolute atomic E-state index is 0.478. The second-order valence-electron chi connectivity index (χ2n) is 4.70. The van der Waals surface area contributed by atoms with Crippen LogP contribution in [0.4, 0.5) is 4.79 Å². The molecule has 1 N–H and O–H groups in total. The van der Waals surface area contributed by atoms with Crippen molar-refractivity contribution >= 4 is 6.09 Å². The molecule has 0 aromatic carbocycles. The summed E-state index contributed by atoms with van der Waals surface area (Å²) < 4.78 is 2.22. The third-order valence-electron chi connectivity index (χ3n) is 3.51. The lowest BCUT2D eigenvalue weighted by atomic mass is 10.1. The van der Waals surface area contributed by atoms with E-state index in [9.17, 15) is 4.79 Å². The summed E-state index contributed by atoms with van der Waals surface area (Å²) in [4.78, 5) is 16.4. The molecule has 2 aromatic rings. The maximum atomic E-state index is 11.0. The highest BCUT2D eigenvalue weighted by Gasteiger charge is 2.21. The van der Waals surface area contributed by atoms with E-state index in [1.54, 1.807) is 12.4 Å². The minimum atomic E-state index is -0.844. The summed E-state index contributed by atoms with van der Waals surface area (Å²) in [5.74, 6) is 0. The normalized spacial score (nSPS) is 14.2. The molecule has 0 saturated heterocycles. The zero-order chi connectivity index (χ0) is 13.2. The van der Waals surface area contributed by atoms with Gasteiger partial charge >= 0.3 is 6.09 Å². The van der Waals surface area contributed by atoms with Gasteiger partial charge in [0.25, 0.3) is 0 Å². The fourth-order valence-electron chi connectivity index (χ4n) is 2.50. The van der Waals surface area contributed by atoms with Gasteiger partial charge in [-0.25, -0.2) is 4.79 Å². The van der Waals surface area contributed by atoms with Crippen LogP contribution in [0.2, 0.25) is 0 Å². The zero-order valence-corrected chi connectivity index (χ0v) is 10.5. The number of aromatic nitrogens is 2. The molecule has 0 atom stereocenters. The molecule has 98 valence electrons. The maximum Gasteiger partial charge on any atom is 0.407 e. The van der Waals surface area contributed by atoms with E-state index in [2.05, 4.69) is 15.6 Å². The lowest BCUT2D eigenvalue weighted by molar-refractivity contribution is 0.132. The molecular weight excluding hydrogens is 242 g/mol. The Morgan fingerprint density at radius 2 is 2.00 bits per heavy atom. The highest BCUT2D eigenvalue weighted by atomic mass is 16.4. The molecule has 0 aliphatic carbocycles. The highest BCUT2D eigenvalue weighted by Crippen LogP contribution is 2.19. The van der Waals surface area contributed by atoms with Gasteiger partial charge in [0, 0.05) is 43.3 Å². The van der Waals surface area contributed by atoms with Crippen molar-refractivity contribution in [3.05, 3.63) is 53.6 Å². The van der Waals surface area contributed by atoms with Crippen LogP contribution in [0.15, 0.2) is 36.7 Å². The van der Waals surface area contributed by atoms with Crippen molar-refractivity contribution in [2.75, 3.05) is 6.54 Å². The van der Waals surface area contributed by atoms with Gasteiger partial charge in [-0.05, 0) is 29.8 Å². The number of pyridine rings is 1. The Balaban J connectivity index is 1.81. The number of amides is 1. The summed E-state index contributed by atoms with van der Waals surface area (Å²) in [7, 11) is 0. The Morgan fingerprint density at radius 3 is 2.74 bits per heavy atom. The lowest BCUT2D eigenvalue weighted by Crippen LogP contribution is -2.37. The first-order valence-electron chi connectivity index (χ1n) is 6.28. The van der Waals surface area contributed by atoms with Gasteiger partial charge in [0.15, 0.2) is 0 Å². The van der Waals surface area contributed by atoms with Crippen LogP contribution in [0.1, 0.15) is 17.0 Å². The molecule has 5 heteroatoms. The van der Waals surface area contributed by atoms with Gasteiger partial charge < -0.3 is 14.6 Å². The Kier molecular flexibility index (Phi) is 2.95. The van der Waals surface area contributed by atoms with Gasteiger partial charge in [0.1, 0.15) is 0 Å². The van der Waals surface area contributed by atoms with Crippen LogP contribution >= 0.6 is 0 Å². The number of hydrogen-bond acceptors (Lipinski definition) is 2. The van der Waals surface area contributed by atoms with Crippen LogP contribution < -0.4 is 0 Å². The molecule has 1 aliphatic rings. The summed E-state index contributed by atoms with van der Waals surface area (Å²) in [6.07, 6.45) is 3.60. The number of carboxylic acid groups (broad SMARTS) is 1. The van der Waals surface area contributed by atoms with Crippen molar-refractivity contribution in [2.24, 2.45) is 0 Å². The van der Waals surface area contributed by atoms with Gasteiger partial charge in [0.2, 0.25) is 0 Å². The standard InChI is InChI=1S/C14H15N3O2/c18-14(19)16-7-8-17-12(1-2-13(17)10-16)9-11-3-5-15-6-4-11/h1-6H,7-10H2,(H,18,19). The molecule has 1 amide bonds. The van der Waals surface area contributed by atoms with Crippen LogP contribution in [-0.4, -0.2) is 32.2 Å². The van der Waals surface area contributed by atoms with Crippen LogP contribution in [-0.2, 0) is 19.5 Å². The molecule has 0 unspecified atom stereocenters. The van der Waals surface area contributed by atoms with Crippen LogP contribution in [0.25, 0.3) is 0 Å². The van der Waals surface area contributed by atoms with Crippen molar-refractivity contribution < 1.29 is 9.90 Å². The number of rotatable bonds is 2. The third kappa shape index (κ3) is 2.31. The molecule has 3 rings (SSSR count). The van der Waals surface area contributed by atoms with Crippen molar-refractivity contribution in [1.29, 1.82) is 0 Å². The molecule has 5 nitrogen and oxygen atoms in total. The predicted octanol–water partition coefficient (Wildman–Crippen LogP) is 1.97. The monoisotopic (exact) mass is 257 g/mol. The topological polar surface area (TPSA) is 58.4 Å². The summed E-state index contributed by atoms with van der Waals surface area (Å²) in [5.41, 5.74) is 3.51. The molecule has 0 saturated carbocycles. The van der Waals surface area contributed by atoms with Gasteiger partial charge in [-0.2, -0.15) is 0 Å². The molecule has 0 bridgehead atoms. The first kappa shape index (κ1) is 11.8. The second-order valence-corrected chi connectivity index (χ2v) is 4.70. The number of hydrogen-bond donors (Lipinski definition) is 1. The lowest BCUT2D eigenvalue weighted by Gasteiger charge is -2.27. The highest BCUT2D eigenvalue weighted by molar-refractivity contribution is 5.65. The molecule has 0 radical (unpaired) electrons. The average molecular weight is 257 g/mol. The van der Waals surface area contributed by atoms with Crippen LogP contribution in [0.5, 0.6) is 0 Å². The van der Waals surface area contributed by atoms with Crippen LogP contribution in [0, 0.1) is 0 Å². The SMILES string of the molecule is O=C(O)N1CCn2c(Cc3ccncc3)ccc2C1. The molecule has 2 aromatic heterocycles. The third-order valence-corrected chi connectivity index (χ3v) is 3.51. The van der Waals surface area contributed by atoms with Crippen molar-refractivity contribution in [1.82, 2.24) is 14.5 Å². The van der Waals surface area contributed by atoms with E-state index in [0.717, 1.165) is 18.7 Å². The second kappa shape index (κ2) is 4.76. The van der Waals surface area contributed by atoms with Crippen molar-refractivity contribution in [3.8, 4) is 0 Å². The zero-order valence-electron chi connectivity index (χ0n) is 10.5. The Morgan fingerprint density at radius 1 is 1.21 bits per heavy atom. The van der Waals surface area contributed by atoms with E-state index in [4.69, 9.17) is 5.11 Å². The molecule has 19 heavy (non-hydrogen) atoms. The van der Waals surface area contributed by atoms with E-state index in [1.807, 2.05) is 18.2 Å². The Bertz CT molecular complexity index is 592.